The molecule has 0 radical (unpaired) electrons. The fourth-order valence-electron chi connectivity index (χ4n) is 3.32. The lowest BCUT2D eigenvalue weighted by molar-refractivity contribution is -0.118. The van der Waals surface area contributed by atoms with Crippen molar-refractivity contribution >= 4 is 44.4 Å². The zero-order valence-corrected chi connectivity index (χ0v) is 18.6. The molecule has 0 spiro atoms. The van der Waals surface area contributed by atoms with Crippen LogP contribution in [0.5, 0.6) is 0 Å². The molecule has 2 heterocycles. The molecule has 0 aliphatic carbocycles. The molecule has 0 N–H and O–H groups in total. The average molecular weight is 464 g/mol. The van der Waals surface area contributed by atoms with Crippen molar-refractivity contribution in [1.82, 2.24) is 9.88 Å². The first kappa shape index (κ1) is 22.1. The van der Waals surface area contributed by atoms with Gasteiger partial charge in [0.25, 0.3) is 0 Å². The number of hydrogen-bond acceptors (Lipinski definition) is 6. The second kappa shape index (κ2) is 10.5. The highest BCUT2D eigenvalue weighted by atomic mass is 32.2. The largest absolute Gasteiger partial charge is 0.379 e. The lowest BCUT2D eigenvalue weighted by atomic mass is 10.3. The van der Waals surface area contributed by atoms with Crippen LogP contribution in [0.25, 0.3) is 10.2 Å². The smallest absolute Gasteiger partial charge is 0.229 e. The molecule has 1 aliphatic heterocycles. The standard InChI is InChI=1S/C22H23F2N3O2S2/c23-16-1-4-18(5-2-16)30-14-7-21(28)27(9-8-26-10-12-29-13-11-26)22-25-19-6-3-17(24)15-20(19)31-22/h1-6,15H,7-14H2. The van der Waals surface area contributed by atoms with Crippen LogP contribution >= 0.6 is 23.1 Å². The molecule has 4 rings (SSSR count). The molecule has 3 aromatic rings. The third-order valence-electron chi connectivity index (χ3n) is 5.01. The zero-order chi connectivity index (χ0) is 21.6. The summed E-state index contributed by atoms with van der Waals surface area (Å²) in [5.74, 6) is -0.0353. The van der Waals surface area contributed by atoms with E-state index in [1.807, 2.05) is 0 Å². The lowest BCUT2D eigenvalue weighted by Gasteiger charge is -2.29. The highest BCUT2D eigenvalue weighted by molar-refractivity contribution is 7.99. The third kappa shape index (κ3) is 6.00. The summed E-state index contributed by atoms with van der Waals surface area (Å²) in [6, 6.07) is 10.7. The predicted octanol–water partition coefficient (Wildman–Crippen LogP) is 4.42. The van der Waals surface area contributed by atoms with Crippen LogP contribution < -0.4 is 4.90 Å². The van der Waals surface area contributed by atoms with E-state index < -0.39 is 0 Å². The maximum Gasteiger partial charge on any atom is 0.229 e. The van der Waals surface area contributed by atoms with Gasteiger partial charge >= 0.3 is 0 Å². The summed E-state index contributed by atoms with van der Waals surface area (Å²) in [4.78, 5) is 22.6. The average Bonchev–Trinajstić information content (AvgIpc) is 3.19. The van der Waals surface area contributed by atoms with E-state index in [1.165, 1.54) is 47.4 Å². The Morgan fingerprint density at radius 1 is 1.13 bits per heavy atom. The van der Waals surface area contributed by atoms with E-state index in [-0.39, 0.29) is 17.5 Å². The summed E-state index contributed by atoms with van der Waals surface area (Å²) in [5, 5.41) is 0.589. The fraction of sp³-hybridized carbons (Fsp3) is 0.364. The molecular weight excluding hydrogens is 440 g/mol. The van der Waals surface area contributed by atoms with Crippen LogP contribution in [-0.2, 0) is 9.53 Å². The van der Waals surface area contributed by atoms with Gasteiger partial charge < -0.3 is 4.74 Å². The molecule has 0 atom stereocenters. The monoisotopic (exact) mass is 463 g/mol. The van der Waals surface area contributed by atoms with Gasteiger partial charge in [-0.15, -0.1) is 11.8 Å². The third-order valence-corrected chi connectivity index (χ3v) is 7.07. The number of morpholine rings is 1. The number of ether oxygens (including phenoxy) is 1. The molecule has 1 aromatic heterocycles. The number of amides is 1. The Bertz CT molecular complexity index is 1020. The molecule has 2 aromatic carbocycles. The number of hydrogen-bond donors (Lipinski definition) is 0. The first-order valence-electron chi connectivity index (χ1n) is 10.1. The summed E-state index contributed by atoms with van der Waals surface area (Å²) in [6.07, 6.45) is 0.329. The van der Waals surface area contributed by atoms with Crippen molar-refractivity contribution in [3.8, 4) is 0 Å². The van der Waals surface area contributed by atoms with Crippen molar-refractivity contribution in [3.05, 3.63) is 54.1 Å². The summed E-state index contributed by atoms with van der Waals surface area (Å²) < 4.78 is 32.8. The van der Waals surface area contributed by atoms with Crippen LogP contribution in [0.2, 0.25) is 0 Å². The van der Waals surface area contributed by atoms with Crippen LogP contribution in [0.15, 0.2) is 47.4 Å². The number of anilines is 1. The molecular formula is C22H23F2N3O2S2. The molecule has 164 valence electrons. The fourth-order valence-corrected chi connectivity index (χ4v) is 5.19. The van der Waals surface area contributed by atoms with Crippen LogP contribution in [0.1, 0.15) is 6.42 Å². The van der Waals surface area contributed by atoms with Crippen molar-refractivity contribution in [2.24, 2.45) is 0 Å². The van der Waals surface area contributed by atoms with Gasteiger partial charge in [-0.3, -0.25) is 14.6 Å². The molecule has 9 heteroatoms. The van der Waals surface area contributed by atoms with Crippen molar-refractivity contribution < 1.29 is 18.3 Å². The minimum atomic E-state index is -0.315. The maximum atomic E-state index is 13.6. The Morgan fingerprint density at radius 3 is 2.65 bits per heavy atom. The Morgan fingerprint density at radius 2 is 1.87 bits per heavy atom. The maximum absolute atomic E-state index is 13.6. The number of thioether (sulfide) groups is 1. The van der Waals surface area contributed by atoms with Crippen molar-refractivity contribution in [2.75, 3.05) is 50.0 Å². The van der Waals surface area contributed by atoms with E-state index in [0.29, 0.717) is 42.6 Å². The number of rotatable bonds is 8. The Balaban J connectivity index is 1.44. The van der Waals surface area contributed by atoms with Crippen LogP contribution in [0, 0.1) is 11.6 Å². The van der Waals surface area contributed by atoms with Crippen LogP contribution in [-0.4, -0.2) is 60.9 Å². The quantitative estimate of drug-likeness (QED) is 0.463. The minimum absolute atomic E-state index is 0.0256. The molecule has 5 nitrogen and oxygen atoms in total. The van der Waals surface area contributed by atoms with Gasteiger partial charge in [0, 0.05) is 43.2 Å². The van der Waals surface area contributed by atoms with E-state index in [9.17, 15) is 13.6 Å². The van der Waals surface area contributed by atoms with E-state index in [2.05, 4.69) is 9.88 Å². The molecule has 0 bridgehead atoms. The molecule has 1 fully saturated rings. The Labute approximate surface area is 188 Å². The predicted molar refractivity (Wildman–Crippen MR) is 121 cm³/mol. The topological polar surface area (TPSA) is 45.7 Å². The zero-order valence-electron chi connectivity index (χ0n) is 16.9. The number of thiazole rings is 1. The van der Waals surface area contributed by atoms with E-state index in [0.717, 1.165) is 29.2 Å². The number of carbonyl (C=O) groups is 1. The summed E-state index contributed by atoms with van der Waals surface area (Å²) in [7, 11) is 0. The summed E-state index contributed by atoms with van der Waals surface area (Å²) in [5.41, 5.74) is 0.686. The van der Waals surface area contributed by atoms with Crippen molar-refractivity contribution in [2.45, 2.75) is 11.3 Å². The number of nitrogens with zero attached hydrogens (tertiary/aromatic N) is 3. The molecule has 1 aliphatic rings. The lowest BCUT2D eigenvalue weighted by Crippen LogP contribution is -2.43. The van der Waals surface area contributed by atoms with Gasteiger partial charge in [0.05, 0.1) is 23.4 Å². The summed E-state index contributed by atoms with van der Waals surface area (Å²) >= 11 is 2.84. The van der Waals surface area contributed by atoms with E-state index >= 15 is 0 Å². The van der Waals surface area contributed by atoms with Gasteiger partial charge in [-0.2, -0.15) is 0 Å². The number of fused-ring (bicyclic) bond motifs is 1. The second-order valence-electron chi connectivity index (χ2n) is 7.16. The number of carbonyl (C=O) groups excluding carboxylic acids is 1. The molecule has 0 unspecified atom stereocenters. The highest BCUT2D eigenvalue weighted by Crippen LogP contribution is 2.30. The first-order valence-corrected chi connectivity index (χ1v) is 11.9. The van der Waals surface area contributed by atoms with Gasteiger partial charge in [-0.1, -0.05) is 11.3 Å². The Hall–Kier alpha value is -2.07. The van der Waals surface area contributed by atoms with Gasteiger partial charge in [-0.05, 0) is 42.5 Å². The van der Waals surface area contributed by atoms with Gasteiger partial charge in [0.1, 0.15) is 11.6 Å². The van der Waals surface area contributed by atoms with Gasteiger partial charge in [0.2, 0.25) is 5.91 Å². The first-order chi connectivity index (χ1) is 15.1. The van der Waals surface area contributed by atoms with Crippen LogP contribution in [0.4, 0.5) is 13.9 Å². The molecule has 0 saturated carbocycles. The second-order valence-corrected chi connectivity index (χ2v) is 9.34. The molecule has 1 amide bonds. The van der Waals surface area contributed by atoms with E-state index in [4.69, 9.17) is 4.74 Å². The number of aromatic nitrogens is 1. The van der Waals surface area contributed by atoms with Crippen molar-refractivity contribution in [1.29, 1.82) is 0 Å². The molecule has 31 heavy (non-hydrogen) atoms. The SMILES string of the molecule is O=C(CCSc1ccc(F)cc1)N(CCN1CCOCC1)c1nc2ccc(F)cc2s1. The van der Waals surface area contributed by atoms with Crippen LogP contribution in [0.3, 0.4) is 0 Å². The van der Waals surface area contributed by atoms with Crippen molar-refractivity contribution in [3.63, 3.8) is 0 Å². The summed E-state index contributed by atoms with van der Waals surface area (Å²) in [6.45, 7) is 4.32. The van der Waals surface area contributed by atoms with Gasteiger partial charge in [0.15, 0.2) is 5.13 Å². The number of halogens is 2. The van der Waals surface area contributed by atoms with E-state index in [1.54, 1.807) is 23.1 Å². The molecule has 1 saturated heterocycles. The van der Waals surface area contributed by atoms with Gasteiger partial charge in [-0.25, -0.2) is 13.8 Å². The minimum Gasteiger partial charge on any atom is -0.379 e. The Kier molecular flexibility index (Phi) is 7.49. The highest BCUT2D eigenvalue weighted by Gasteiger charge is 2.21. The number of benzene rings is 2. The normalized spacial score (nSPS) is 14.8.